The molecule has 12 heavy (non-hydrogen) atoms. The Kier molecular flexibility index (Phi) is 2.80. The van der Waals surface area contributed by atoms with Gasteiger partial charge in [0.25, 0.3) is 6.08 Å². The van der Waals surface area contributed by atoms with Gasteiger partial charge in [-0.15, -0.1) is 0 Å². The third-order valence-electron chi connectivity index (χ3n) is 1.40. The Bertz CT molecular complexity index is 290. The van der Waals surface area contributed by atoms with Gasteiger partial charge in [0.15, 0.2) is 0 Å². The summed E-state index contributed by atoms with van der Waals surface area (Å²) in [5.41, 5.74) is 0.389. The quantitative estimate of drug-likeness (QED) is 0.663. The first-order valence-corrected chi connectivity index (χ1v) is 3.40. The SMILES string of the molecule is COc1ccccc1C=C(F)F. The summed E-state index contributed by atoms with van der Waals surface area (Å²) in [6, 6.07) is 6.61. The summed E-state index contributed by atoms with van der Waals surface area (Å²) in [5.74, 6) is 0.449. The molecule has 0 atom stereocenters. The van der Waals surface area contributed by atoms with E-state index in [9.17, 15) is 8.78 Å². The highest BCUT2D eigenvalue weighted by Gasteiger charge is 1.99. The third kappa shape index (κ3) is 2.05. The van der Waals surface area contributed by atoms with Crippen molar-refractivity contribution in [3.05, 3.63) is 35.9 Å². The van der Waals surface area contributed by atoms with Crippen LogP contribution in [0.2, 0.25) is 0 Å². The summed E-state index contributed by atoms with van der Waals surface area (Å²) >= 11 is 0. The van der Waals surface area contributed by atoms with Gasteiger partial charge in [0, 0.05) is 11.6 Å². The predicted octanol–water partition coefficient (Wildman–Crippen LogP) is 2.93. The number of para-hydroxylation sites is 1. The van der Waals surface area contributed by atoms with Crippen molar-refractivity contribution >= 4 is 6.08 Å². The summed E-state index contributed by atoms with van der Waals surface area (Å²) in [7, 11) is 1.45. The van der Waals surface area contributed by atoms with Crippen LogP contribution in [0.1, 0.15) is 5.56 Å². The highest BCUT2D eigenvalue weighted by atomic mass is 19.3. The van der Waals surface area contributed by atoms with Gasteiger partial charge < -0.3 is 4.74 Å². The molecule has 0 fully saturated rings. The lowest BCUT2D eigenvalue weighted by atomic mass is 10.2. The average Bonchev–Trinajstić information content (AvgIpc) is 2.04. The Morgan fingerprint density at radius 2 is 2.00 bits per heavy atom. The number of rotatable bonds is 2. The summed E-state index contributed by atoms with van der Waals surface area (Å²) in [4.78, 5) is 0. The molecular formula is C9H8F2O. The molecule has 1 rings (SSSR count). The minimum atomic E-state index is -1.72. The molecule has 0 aliphatic heterocycles. The molecule has 3 heteroatoms. The van der Waals surface area contributed by atoms with E-state index in [1.165, 1.54) is 7.11 Å². The molecule has 0 spiro atoms. The molecule has 0 aromatic heterocycles. The van der Waals surface area contributed by atoms with Crippen LogP contribution in [-0.2, 0) is 0 Å². The van der Waals surface area contributed by atoms with Gasteiger partial charge in [0.05, 0.1) is 7.11 Å². The maximum Gasteiger partial charge on any atom is 0.271 e. The van der Waals surface area contributed by atoms with Crippen molar-refractivity contribution < 1.29 is 13.5 Å². The molecule has 0 N–H and O–H groups in total. The van der Waals surface area contributed by atoms with Crippen LogP contribution in [0.3, 0.4) is 0 Å². The van der Waals surface area contributed by atoms with Crippen LogP contribution in [0, 0.1) is 0 Å². The van der Waals surface area contributed by atoms with Crippen LogP contribution in [0.25, 0.3) is 6.08 Å². The van der Waals surface area contributed by atoms with Crippen molar-refractivity contribution in [1.29, 1.82) is 0 Å². The molecule has 0 radical (unpaired) electrons. The van der Waals surface area contributed by atoms with Gasteiger partial charge in [-0.2, -0.15) is 8.78 Å². The summed E-state index contributed by atoms with van der Waals surface area (Å²) in [6.45, 7) is 0. The summed E-state index contributed by atoms with van der Waals surface area (Å²) in [5, 5.41) is 0. The van der Waals surface area contributed by atoms with Crippen LogP contribution in [0.5, 0.6) is 5.75 Å². The normalized spacial score (nSPS) is 9.25. The fourth-order valence-electron chi connectivity index (χ4n) is 0.903. The van der Waals surface area contributed by atoms with E-state index in [0.29, 0.717) is 11.3 Å². The Hall–Kier alpha value is -1.38. The average molecular weight is 170 g/mol. The molecule has 1 nitrogen and oxygen atoms in total. The Balaban J connectivity index is 3.05. The molecular weight excluding hydrogens is 162 g/mol. The minimum Gasteiger partial charge on any atom is -0.496 e. The lowest BCUT2D eigenvalue weighted by Gasteiger charge is -2.02. The van der Waals surface area contributed by atoms with Crippen LogP contribution in [0.4, 0.5) is 8.78 Å². The Morgan fingerprint density at radius 3 is 2.58 bits per heavy atom. The van der Waals surface area contributed by atoms with Crippen molar-refractivity contribution in [3.63, 3.8) is 0 Å². The molecule has 0 amide bonds. The van der Waals surface area contributed by atoms with Crippen molar-refractivity contribution in [2.75, 3.05) is 7.11 Å². The van der Waals surface area contributed by atoms with E-state index in [1.54, 1.807) is 24.3 Å². The van der Waals surface area contributed by atoms with Gasteiger partial charge in [0.2, 0.25) is 0 Å². The molecule has 64 valence electrons. The molecule has 0 unspecified atom stereocenters. The third-order valence-corrected chi connectivity index (χ3v) is 1.40. The van der Waals surface area contributed by atoms with Crippen LogP contribution >= 0.6 is 0 Å². The lowest BCUT2D eigenvalue weighted by molar-refractivity contribution is 0.411. The van der Waals surface area contributed by atoms with Gasteiger partial charge in [-0.25, -0.2) is 0 Å². The maximum atomic E-state index is 11.8. The standard InChI is InChI=1S/C9H8F2O/c1-12-8-5-3-2-4-7(8)6-9(10)11/h2-6H,1H3. The number of halogens is 2. The van der Waals surface area contributed by atoms with E-state index in [0.717, 1.165) is 6.08 Å². The predicted molar refractivity (Wildman–Crippen MR) is 43.2 cm³/mol. The van der Waals surface area contributed by atoms with Gasteiger partial charge in [-0.05, 0) is 6.07 Å². The fraction of sp³-hybridized carbons (Fsp3) is 0.111. The second kappa shape index (κ2) is 3.85. The Morgan fingerprint density at radius 1 is 1.33 bits per heavy atom. The van der Waals surface area contributed by atoms with Gasteiger partial charge in [-0.1, -0.05) is 18.2 Å². The van der Waals surface area contributed by atoms with E-state index in [1.807, 2.05) is 0 Å². The number of hydrogen-bond donors (Lipinski definition) is 0. The maximum absolute atomic E-state index is 11.8. The van der Waals surface area contributed by atoms with Crippen molar-refractivity contribution in [3.8, 4) is 5.75 Å². The fourth-order valence-corrected chi connectivity index (χ4v) is 0.903. The number of hydrogen-bond acceptors (Lipinski definition) is 1. The first-order chi connectivity index (χ1) is 5.74. The molecule has 0 saturated heterocycles. The molecule has 0 heterocycles. The monoisotopic (exact) mass is 170 g/mol. The first kappa shape index (κ1) is 8.71. The molecule has 1 aromatic rings. The number of benzene rings is 1. The van der Waals surface area contributed by atoms with E-state index in [4.69, 9.17) is 4.74 Å². The molecule has 0 aliphatic carbocycles. The molecule has 1 aromatic carbocycles. The smallest absolute Gasteiger partial charge is 0.271 e. The highest BCUT2D eigenvalue weighted by molar-refractivity contribution is 5.57. The van der Waals surface area contributed by atoms with Crippen LogP contribution in [0.15, 0.2) is 30.3 Å². The van der Waals surface area contributed by atoms with E-state index < -0.39 is 6.08 Å². The van der Waals surface area contributed by atoms with Crippen molar-refractivity contribution in [2.45, 2.75) is 0 Å². The zero-order chi connectivity index (χ0) is 8.97. The molecule has 0 aliphatic rings. The van der Waals surface area contributed by atoms with Crippen LogP contribution < -0.4 is 4.74 Å². The Labute approximate surface area is 69.3 Å². The van der Waals surface area contributed by atoms with E-state index in [2.05, 4.69) is 0 Å². The van der Waals surface area contributed by atoms with Gasteiger partial charge >= 0.3 is 0 Å². The zero-order valence-corrected chi connectivity index (χ0v) is 6.55. The lowest BCUT2D eigenvalue weighted by Crippen LogP contribution is -1.85. The summed E-state index contributed by atoms with van der Waals surface area (Å²) in [6.07, 6.45) is -0.946. The molecule has 0 saturated carbocycles. The first-order valence-electron chi connectivity index (χ1n) is 3.40. The molecule has 0 bridgehead atoms. The summed E-state index contributed by atoms with van der Waals surface area (Å²) < 4.78 is 28.6. The topological polar surface area (TPSA) is 9.23 Å². The second-order valence-electron chi connectivity index (χ2n) is 2.18. The number of methoxy groups -OCH3 is 1. The minimum absolute atomic E-state index is 0.389. The van der Waals surface area contributed by atoms with Gasteiger partial charge in [-0.3, -0.25) is 0 Å². The van der Waals surface area contributed by atoms with E-state index in [-0.39, 0.29) is 0 Å². The zero-order valence-electron chi connectivity index (χ0n) is 6.55. The van der Waals surface area contributed by atoms with Crippen LogP contribution in [-0.4, -0.2) is 7.11 Å². The number of ether oxygens (including phenoxy) is 1. The highest BCUT2D eigenvalue weighted by Crippen LogP contribution is 2.20. The largest absolute Gasteiger partial charge is 0.496 e. The van der Waals surface area contributed by atoms with Gasteiger partial charge in [0.1, 0.15) is 5.75 Å². The second-order valence-corrected chi connectivity index (χ2v) is 2.18. The van der Waals surface area contributed by atoms with Crippen molar-refractivity contribution in [2.24, 2.45) is 0 Å². The van der Waals surface area contributed by atoms with Crippen molar-refractivity contribution in [1.82, 2.24) is 0 Å². The van der Waals surface area contributed by atoms with E-state index >= 15 is 0 Å².